The van der Waals surface area contributed by atoms with Gasteiger partial charge < -0.3 is 14.9 Å². The molecular weight excluding hydrogens is 328 g/mol. The number of nitrogens with one attached hydrogen (secondary N) is 1. The fourth-order valence-electron chi connectivity index (χ4n) is 1.93. The zero-order chi connectivity index (χ0) is 17.2. The summed E-state index contributed by atoms with van der Waals surface area (Å²) in [6.45, 7) is 0.419. The summed E-state index contributed by atoms with van der Waals surface area (Å²) in [4.78, 5) is 16.6. The van der Waals surface area contributed by atoms with Gasteiger partial charge in [0, 0.05) is 11.6 Å². The van der Waals surface area contributed by atoms with Gasteiger partial charge in [0.1, 0.15) is 5.75 Å². The fourth-order valence-corrected chi connectivity index (χ4v) is 2.06. The summed E-state index contributed by atoms with van der Waals surface area (Å²) in [7, 11) is 1.63. The average Bonchev–Trinajstić information content (AvgIpc) is 2.61. The topological polar surface area (TPSA) is 59.9 Å². The number of hydrogen-bond donors (Lipinski definition) is 1. The highest BCUT2D eigenvalue weighted by Crippen LogP contribution is 2.11. The molecule has 0 aromatic heterocycles. The molecule has 126 valence electrons. The molecule has 24 heavy (non-hydrogen) atoms. The van der Waals surface area contributed by atoms with E-state index in [9.17, 15) is 4.79 Å². The van der Waals surface area contributed by atoms with Crippen LogP contribution in [0.2, 0.25) is 5.02 Å². The third-order valence-electron chi connectivity index (χ3n) is 3.24. The van der Waals surface area contributed by atoms with Crippen LogP contribution in [0, 0.1) is 0 Å². The first-order chi connectivity index (χ1) is 11.7. The van der Waals surface area contributed by atoms with Crippen LogP contribution in [0.5, 0.6) is 5.75 Å². The van der Waals surface area contributed by atoms with Gasteiger partial charge in [-0.2, -0.15) is 0 Å². The van der Waals surface area contributed by atoms with Gasteiger partial charge in [-0.25, -0.2) is 0 Å². The van der Waals surface area contributed by atoms with Gasteiger partial charge in [-0.3, -0.25) is 4.79 Å². The number of ether oxygens (including phenoxy) is 1. The molecule has 1 amide bonds. The van der Waals surface area contributed by atoms with Crippen LogP contribution in [0.15, 0.2) is 53.7 Å². The Morgan fingerprint density at radius 1 is 1.17 bits per heavy atom. The van der Waals surface area contributed by atoms with Crippen LogP contribution >= 0.6 is 11.6 Å². The normalized spacial score (nSPS) is 10.6. The molecule has 0 radical (unpaired) electrons. The Balaban J connectivity index is 1.63. The zero-order valence-corrected chi connectivity index (χ0v) is 14.1. The van der Waals surface area contributed by atoms with Crippen molar-refractivity contribution in [3.63, 3.8) is 0 Å². The first kappa shape index (κ1) is 17.8. The molecule has 6 heteroatoms. The summed E-state index contributed by atoms with van der Waals surface area (Å²) in [5.41, 5.74) is 1.97. The molecule has 1 N–H and O–H groups in total. The van der Waals surface area contributed by atoms with E-state index >= 15 is 0 Å². The first-order valence-corrected chi connectivity index (χ1v) is 7.85. The maximum atomic E-state index is 11.6. The molecule has 0 spiro atoms. The van der Waals surface area contributed by atoms with Crippen molar-refractivity contribution in [1.29, 1.82) is 0 Å². The number of methoxy groups -OCH3 is 1. The SMILES string of the molecule is COc1ccc(CCNC(=O)CO/N=C/c2ccc(Cl)cc2)cc1. The van der Waals surface area contributed by atoms with Gasteiger partial charge in [0.2, 0.25) is 0 Å². The van der Waals surface area contributed by atoms with Gasteiger partial charge in [-0.15, -0.1) is 0 Å². The molecule has 0 heterocycles. The Morgan fingerprint density at radius 3 is 2.54 bits per heavy atom. The number of halogens is 1. The summed E-state index contributed by atoms with van der Waals surface area (Å²) in [5, 5.41) is 7.19. The van der Waals surface area contributed by atoms with Crippen molar-refractivity contribution in [2.75, 3.05) is 20.3 Å². The second-order valence-corrected chi connectivity index (χ2v) is 5.44. The quantitative estimate of drug-likeness (QED) is 0.590. The van der Waals surface area contributed by atoms with E-state index in [4.69, 9.17) is 21.2 Å². The second-order valence-electron chi connectivity index (χ2n) is 5.01. The minimum atomic E-state index is -0.211. The fraction of sp³-hybridized carbons (Fsp3) is 0.222. The molecule has 0 aliphatic carbocycles. The number of amides is 1. The number of oxime groups is 1. The summed E-state index contributed by atoms with van der Waals surface area (Å²) in [5.74, 6) is 0.603. The number of rotatable bonds is 8. The van der Waals surface area contributed by atoms with Gasteiger partial charge in [0.25, 0.3) is 5.91 Å². The van der Waals surface area contributed by atoms with E-state index in [1.165, 1.54) is 6.21 Å². The van der Waals surface area contributed by atoms with E-state index in [0.717, 1.165) is 23.3 Å². The van der Waals surface area contributed by atoms with E-state index in [-0.39, 0.29) is 12.5 Å². The van der Waals surface area contributed by atoms with Crippen molar-refractivity contribution < 1.29 is 14.4 Å². The Hall–Kier alpha value is -2.53. The molecule has 2 aromatic rings. The van der Waals surface area contributed by atoms with Crippen LogP contribution < -0.4 is 10.1 Å². The van der Waals surface area contributed by atoms with Gasteiger partial charge in [-0.1, -0.05) is 41.0 Å². The second kappa shape index (κ2) is 9.57. The number of nitrogens with zero attached hydrogens (tertiary/aromatic N) is 1. The van der Waals surface area contributed by atoms with Crippen molar-refractivity contribution in [3.05, 3.63) is 64.7 Å². The van der Waals surface area contributed by atoms with E-state index in [1.54, 1.807) is 19.2 Å². The van der Waals surface area contributed by atoms with E-state index in [1.807, 2.05) is 36.4 Å². The smallest absolute Gasteiger partial charge is 0.260 e. The predicted octanol–water partition coefficient (Wildman–Crippen LogP) is 3.06. The lowest BCUT2D eigenvalue weighted by Crippen LogP contribution is -2.28. The van der Waals surface area contributed by atoms with E-state index in [0.29, 0.717) is 11.6 Å². The van der Waals surface area contributed by atoms with Crippen molar-refractivity contribution >= 4 is 23.7 Å². The van der Waals surface area contributed by atoms with Crippen molar-refractivity contribution in [2.45, 2.75) is 6.42 Å². The Labute approximate surface area is 146 Å². The molecule has 5 nitrogen and oxygen atoms in total. The van der Waals surface area contributed by atoms with Crippen molar-refractivity contribution in [1.82, 2.24) is 5.32 Å². The highest BCUT2D eigenvalue weighted by molar-refractivity contribution is 6.30. The molecule has 0 saturated carbocycles. The predicted molar refractivity (Wildman–Crippen MR) is 94.7 cm³/mol. The monoisotopic (exact) mass is 346 g/mol. The number of carbonyl (C=O) groups excluding carboxylic acids is 1. The van der Waals surface area contributed by atoms with Gasteiger partial charge in [0.05, 0.1) is 13.3 Å². The molecule has 0 saturated heterocycles. The van der Waals surface area contributed by atoms with Crippen LogP contribution in [0.4, 0.5) is 0 Å². The Morgan fingerprint density at radius 2 is 1.88 bits per heavy atom. The number of benzene rings is 2. The maximum Gasteiger partial charge on any atom is 0.260 e. The first-order valence-electron chi connectivity index (χ1n) is 7.48. The minimum Gasteiger partial charge on any atom is -0.497 e. The van der Waals surface area contributed by atoms with Crippen LogP contribution in [0.3, 0.4) is 0 Å². The van der Waals surface area contributed by atoms with Crippen molar-refractivity contribution in [2.24, 2.45) is 5.16 Å². The van der Waals surface area contributed by atoms with Crippen LogP contribution in [0.25, 0.3) is 0 Å². The number of carbonyl (C=O) groups is 1. The molecule has 2 rings (SSSR count). The van der Waals surface area contributed by atoms with E-state index in [2.05, 4.69) is 10.5 Å². The molecule has 0 unspecified atom stereocenters. The van der Waals surface area contributed by atoms with Gasteiger partial charge in [-0.05, 0) is 41.8 Å². The van der Waals surface area contributed by atoms with Crippen LogP contribution in [-0.2, 0) is 16.1 Å². The lowest BCUT2D eigenvalue weighted by molar-refractivity contribution is -0.125. The van der Waals surface area contributed by atoms with Gasteiger partial charge in [0.15, 0.2) is 6.61 Å². The standard InChI is InChI=1S/C18H19ClN2O3/c1-23-17-8-4-14(5-9-17)10-11-20-18(22)13-24-21-12-15-2-6-16(19)7-3-15/h2-9,12H,10-11,13H2,1H3,(H,20,22)/b21-12+. The minimum absolute atomic E-state index is 0.118. The summed E-state index contributed by atoms with van der Waals surface area (Å²) in [6.07, 6.45) is 2.27. The van der Waals surface area contributed by atoms with Gasteiger partial charge >= 0.3 is 0 Å². The van der Waals surface area contributed by atoms with Crippen LogP contribution in [0.1, 0.15) is 11.1 Å². The molecule has 2 aromatic carbocycles. The molecular formula is C18H19ClN2O3. The third-order valence-corrected chi connectivity index (χ3v) is 3.49. The molecule has 0 bridgehead atoms. The molecule has 0 fully saturated rings. The zero-order valence-electron chi connectivity index (χ0n) is 13.4. The van der Waals surface area contributed by atoms with Crippen molar-refractivity contribution in [3.8, 4) is 5.75 Å². The summed E-state index contributed by atoms with van der Waals surface area (Å²) < 4.78 is 5.10. The van der Waals surface area contributed by atoms with E-state index < -0.39 is 0 Å². The maximum absolute atomic E-state index is 11.6. The average molecular weight is 347 g/mol. The Bertz CT molecular complexity index is 670. The number of hydrogen-bond acceptors (Lipinski definition) is 4. The third kappa shape index (κ3) is 6.30. The highest BCUT2D eigenvalue weighted by atomic mass is 35.5. The Kier molecular flexibility index (Phi) is 7.11. The molecule has 0 aliphatic rings. The highest BCUT2D eigenvalue weighted by Gasteiger charge is 2.01. The summed E-state index contributed by atoms with van der Waals surface area (Å²) >= 11 is 5.79. The molecule has 0 atom stereocenters. The lowest BCUT2D eigenvalue weighted by atomic mass is 10.1. The lowest BCUT2D eigenvalue weighted by Gasteiger charge is -2.05. The summed E-state index contributed by atoms with van der Waals surface area (Å²) in [6, 6.07) is 14.9. The molecule has 0 aliphatic heterocycles. The largest absolute Gasteiger partial charge is 0.497 e. The van der Waals surface area contributed by atoms with Crippen LogP contribution in [-0.4, -0.2) is 32.4 Å².